The van der Waals surface area contributed by atoms with Gasteiger partial charge in [0.1, 0.15) is 0 Å². The van der Waals surface area contributed by atoms with Crippen LogP contribution in [0.2, 0.25) is 0 Å². The minimum atomic E-state index is -4.20. The maximum absolute atomic E-state index is 13.0. The standard InChI is InChI=1S/C18H17N3O4S2/c1-12-8-10-15(11-9-12)26-18-13(2)19-20(14(18)3)27(24,25)17-7-5-4-6-16(17)21(22)23/h4-11H,1-3H3. The Morgan fingerprint density at radius 2 is 1.67 bits per heavy atom. The van der Waals surface area contributed by atoms with Gasteiger partial charge in [-0.1, -0.05) is 41.6 Å². The molecule has 0 aliphatic rings. The van der Waals surface area contributed by atoms with Crippen LogP contribution in [0.4, 0.5) is 5.69 Å². The first-order valence-corrected chi connectivity index (χ1v) is 10.3. The van der Waals surface area contributed by atoms with Crippen molar-refractivity contribution in [3.8, 4) is 0 Å². The lowest BCUT2D eigenvalue weighted by Gasteiger charge is -2.08. The fraction of sp³-hybridized carbons (Fsp3) is 0.167. The molecule has 0 aliphatic carbocycles. The molecule has 0 bridgehead atoms. The molecule has 0 fully saturated rings. The third-order valence-electron chi connectivity index (χ3n) is 3.99. The van der Waals surface area contributed by atoms with Crippen LogP contribution in [0.1, 0.15) is 17.0 Å². The van der Waals surface area contributed by atoms with Crippen molar-refractivity contribution in [2.45, 2.75) is 35.5 Å². The van der Waals surface area contributed by atoms with Gasteiger partial charge >= 0.3 is 0 Å². The molecule has 0 spiro atoms. The molecule has 0 saturated carbocycles. The highest BCUT2D eigenvalue weighted by molar-refractivity contribution is 7.99. The van der Waals surface area contributed by atoms with E-state index in [0.717, 1.165) is 14.5 Å². The summed E-state index contributed by atoms with van der Waals surface area (Å²) >= 11 is 1.41. The van der Waals surface area contributed by atoms with Gasteiger partial charge in [0.15, 0.2) is 4.90 Å². The van der Waals surface area contributed by atoms with Crippen LogP contribution < -0.4 is 0 Å². The Hall–Kier alpha value is -2.65. The fourth-order valence-corrected chi connectivity index (χ4v) is 5.14. The number of hydrogen-bond donors (Lipinski definition) is 0. The van der Waals surface area contributed by atoms with Gasteiger partial charge in [-0.2, -0.15) is 17.6 Å². The van der Waals surface area contributed by atoms with E-state index in [9.17, 15) is 18.5 Å². The second-order valence-electron chi connectivity index (χ2n) is 5.99. The minimum Gasteiger partial charge on any atom is -0.258 e. The quantitative estimate of drug-likeness (QED) is 0.470. The number of para-hydroxylation sites is 1. The number of benzene rings is 2. The molecule has 0 N–H and O–H groups in total. The van der Waals surface area contributed by atoms with Crippen LogP contribution in [-0.2, 0) is 10.0 Å². The first-order valence-electron chi connectivity index (χ1n) is 8.01. The maximum Gasteiger partial charge on any atom is 0.290 e. The van der Waals surface area contributed by atoms with Crippen LogP contribution >= 0.6 is 11.8 Å². The summed E-state index contributed by atoms with van der Waals surface area (Å²) in [4.78, 5) is 11.8. The summed E-state index contributed by atoms with van der Waals surface area (Å²) in [5.74, 6) is 0. The van der Waals surface area contributed by atoms with Crippen LogP contribution in [0.5, 0.6) is 0 Å². The van der Waals surface area contributed by atoms with E-state index >= 15 is 0 Å². The zero-order valence-corrected chi connectivity index (χ0v) is 16.5. The van der Waals surface area contributed by atoms with Gasteiger partial charge < -0.3 is 0 Å². The van der Waals surface area contributed by atoms with Crippen LogP contribution in [0, 0.1) is 30.9 Å². The van der Waals surface area contributed by atoms with E-state index in [2.05, 4.69) is 5.10 Å². The Balaban J connectivity index is 2.08. The van der Waals surface area contributed by atoms with Crippen molar-refractivity contribution in [2.75, 3.05) is 0 Å². The number of aromatic nitrogens is 2. The summed E-state index contributed by atoms with van der Waals surface area (Å²) in [6.07, 6.45) is 0. The number of nitro groups is 1. The Morgan fingerprint density at radius 3 is 2.30 bits per heavy atom. The van der Waals surface area contributed by atoms with Crippen LogP contribution in [0.15, 0.2) is 63.2 Å². The van der Waals surface area contributed by atoms with Gasteiger partial charge in [-0.15, -0.1) is 0 Å². The van der Waals surface area contributed by atoms with Crippen molar-refractivity contribution in [3.05, 3.63) is 75.6 Å². The Kier molecular flexibility index (Phi) is 5.07. The lowest BCUT2D eigenvalue weighted by Crippen LogP contribution is -2.17. The third kappa shape index (κ3) is 3.60. The Morgan fingerprint density at radius 1 is 1.04 bits per heavy atom. The van der Waals surface area contributed by atoms with Crippen molar-refractivity contribution >= 4 is 27.5 Å². The van der Waals surface area contributed by atoms with Crippen LogP contribution in [0.3, 0.4) is 0 Å². The number of nitrogens with zero attached hydrogens (tertiary/aromatic N) is 3. The second-order valence-corrected chi connectivity index (χ2v) is 8.81. The molecule has 9 heteroatoms. The highest BCUT2D eigenvalue weighted by Gasteiger charge is 2.30. The van der Waals surface area contributed by atoms with E-state index < -0.39 is 20.6 Å². The smallest absolute Gasteiger partial charge is 0.258 e. The highest BCUT2D eigenvalue weighted by Crippen LogP contribution is 2.35. The first kappa shape index (κ1) is 19.1. The summed E-state index contributed by atoms with van der Waals surface area (Å²) in [5.41, 5.74) is 1.61. The Bertz CT molecular complexity index is 1120. The van der Waals surface area contributed by atoms with Gasteiger partial charge in [0.25, 0.3) is 15.7 Å². The monoisotopic (exact) mass is 403 g/mol. The molecule has 3 aromatic rings. The van der Waals surface area contributed by atoms with Gasteiger partial charge in [0, 0.05) is 11.0 Å². The van der Waals surface area contributed by atoms with E-state index in [0.29, 0.717) is 16.3 Å². The molecule has 0 radical (unpaired) electrons. The average Bonchev–Trinajstić information content (AvgIpc) is 2.92. The predicted octanol–water partition coefficient (Wildman–Crippen LogP) is 4.10. The van der Waals surface area contributed by atoms with Crippen molar-refractivity contribution in [2.24, 2.45) is 0 Å². The molecule has 27 heavy (non-hydrogen) atoms. The fourth-order valence-electron chi connectivity index (χ4n) is 2.63. The van der Waals surface area contributed by atoms with E-state index in [4.69, 9.17) is 0 Å². The molecule has 0 amide bonds. The van der Waals surface area contributed by atoms with Gasteiger partial charge in [0.05, 0.1) is 21.2 Å². The molecule has 3 rings (SSSR count). The molecule has 0 aliphatic heterocycles. The number of hydrogen-bond acceptors (Lipinski definition) is 6. The zero-order valence-electron chi connectivity index (χ0n) is 14.9. The Labute approximate surface area is 161 Å². The predicted molar refractivity (Wildman–Crippen MR) is 103 cm³/mol. The SMILES string of the molecule is Cc1ccc(Sc2c(C)nn(S(=O)(=O)c3ccccc3[N+](=O)[O-])c2C)cc1. The normalized spacial score (nSPS) is 11.5. The molecule has 0 saturated heterocycles. The summed E-state index contributed by atoms with van der Waals surface area (Å²) in [6, 6.07) is 13.1. The lowest BCUT2D eigenvalue weighted by molar-refractivity contribution is -0.387. The van der Waals surface area contributed by atoms with Gasteiger partial charge in [0.2, 0.25) is 0 Å². The van der Waals surface area contributed by atoms with Gasteiger partial charge in [-0.25, -0.2) is 0 Å². The zero-order chi connectivity index (χ0) is 19.8. The molecule has 1 aromatic heterocycles. The molecule has 2 aromatic carbocycles. The third-order valence-corrected chi connectivity index (χ3v) is 7.01. The first-order chi connectivity index (χ1) is 12.7. The summed E-state index contributed by atoms with van der Waals surface area (Å²) < 4.78 is 26.9. The van der Waals surface area contributed by atoms with Gasteiger partial charge in [-0.05, 0) is 39.0 Å². The molecular weight excluding hydrogens is 386 g/mol. The van der Waals surface area contributed by atoms with E-state index in [-0.39, 0.29) is 4.90 Å². The van der Waals surface area contributed by atoms with Crippen LogP contribution in [-0.4, -0.2) is 22.5 Å². The molecule has 7 nitrogen and oxygen atoms in total. The van der Waals surface area contributed by atoms with E-state index in [1.165, 1.54) is 36.0 Å². The maximum atomic E-state index is 13.0. The molecule has 0 unspecified atom stereocenters. The van der Waals surface area contributed by atoms with Crippen molar-refractivity contribution in [3.63, 3.8) is 0 Å². The van der Waals surface area contributed by atoms with Crippen molar-refractivity contribution in [1.82, 2.24) is 9.19 Å². The largest absolute Gasteiger partial charge is 0.290 e. The summed E-state index contributed by atoms with van der Waals surface area (Å²) in [5, 5.41) is 15.4. The minimum absolute atomic E-state index is 0.382. The molecule has 140 valence electrons. The summed E-state index contributed by atoms with van der Waals surface area (Å²) in [7, 11) is -4.20. The van der Waals surface area contributed by atoms with E-state index in [1.807, 2.05) is 31.2 Å². The molecule has 1 heterocycles. The van der Waals surface area contributed by atoms with Crippen LogP contribution in [0.25, 0.3) is 0 Å². The van der Waals surface area contributed by atoms with Crippen molar-refractivity contribution in [1.29, 1.82) is 0 Å². The molecule has 0 atom stereocenters. The highest BCUT2D eigenvalue weighted by atomic mass is 32.2. The average molecular weight is 403 g/mol. The second kappa shape index (κ2) is 7.16. The topological polar surface area (TPSA) is 95.1 Å². The number of aryl methyl sites for hydroxylation is 2. The van der Waals surface area contributed by atoms with Crippen molar-refractivity contribution < 1.29 is 13.3 Å². The number of rotatable bonds is 5. The number of nitro benzene ring substituents is 1. The summed E-state index contributed by atoms with van der Waals surface area (Å²) in [6.45, 7) is 5.35. The molecular formula is C18H17N3O4S2. The van der Waals surface area contributed by atoms with Gasteiger partial charge in [-0.3, -0.25) is 10.1 Å². The lowest BCUT2D eigenvalue weighted by atomic mass is 10.2. The van der Waals surface area contributed by atoms with E-state index in [1.54, 1.807) is 13.8 Å².